The van der Waals surface area contributed by atoms with Crippen molar-refractivity contribution in [1.82, 2.24) is 0 Å². The third kappa shape index (κ3) is 4.96. The first kappa shape index (κ1) is 29.8. The van der Waals surface area contributed by atoms with Crippen LogP contribution >= 0.6 is 0 Å². The van der Waals surface area contributed by atoms with Crippen LogP contribution in [0.25, 0.3) is 32.3 Å². The van der Waals surface area contributed by atoms with E-state index in [1.807, 2.05) is 0 Å². The first-order valence-corrected chi connectivity index (χ1v) is 16.9. The van der Waals surface area contributed by atoms with Gasteiger partial charge < -0.3 is 9.80 Å². The van der Waals surface area contributed by atoms with E-state index in [1.165, 1.54) is 99.8 Å². The highest BCUT2D eigenvalue weighted by atomic mass is 15.2. The summed E-state index contributed by atoms with van der Waals surface area (Å²) in [4.78, 5) is 4.91. The van der Waals surface area contributed by atoms with Gasteiger partial charge in [-0.25, -0.2) is 0 Å². The van der Waals surface area contributed by atoms with Gasteiger partial charge in [-0.05, 0) is 145 Å². The molecule has 0 heterocycles. The summed E-state index contributed by atoms with van der Waals surface area (Å²) in [5, 5.41) is 7.61. The van der Waals surface area contributed by atoms with E-state index in [0.717, 1.165) is 0 Å². The average Bonchev–Trinajstić information content (AvgIpc) is 3.06. The van der Waals surface area contributed by atoms with Crippen molar-refractivity contribution < 1.29 is 0 Å². The van der Waals surface area contributed by atoms with E-state index < -0.39 is 0 Å². The number of aryl methyl sites for hydroxylation is 6. The van der Waals surface area contributed by atoms with E-state index in [2.05, 4.69) is 185 Å². The normalized spacial score (nSPS) is 11.5. The third-order valence-electron chi connectivity index (χ3n) is 9.74. The van der Waals surface area contributed by atoms with E-state index in [-0.39, 0.29) is 0 Å². The van der Waals surface area contributed by atoms with Crippen LogP contribution in [-0.4, -0.2) is 0 Å². The van der Waals surface area contributed by atoms with Crippen molar-refractivity contribution in [3.63, 3.8) is 0 Å². The number of rotatable bonds is 6. The summed E-state index contributed by atoms with van der Waals surface area (Å²) in [6.45, 7) is 13.2. The van der Waals surface area contributed by atoms with Crippen molar-refractivity contribution >= 4 is 66.4 Å². The monoisotopic (exact) mass is 620 g/mol. The number of hydrogen-bond donors (Lipinski definition) is 0. The Labute approximate surface area is 283 Å². The Morgan fingerprint density at radius 2 is 0.688 bits per heavy atom. The van der Waals surface area contributed by atoms with Crippen molar-refractivity contribution in [2.24, 2.45) is 0 Å². The highest BCUT2D eigenvalue weighted by Crippen LogP contribution is 2.48. The van der Waals surface area contributed by atoms with Gasteiger partial charge in [0, 0.05) is 33.5 Å². The number of nitrogens with zero attached hydrogens (tertiary/aromatic N) is 2. The van der Waals surface area contributed by atoms with Crippen molar-refractivity contribution in [2.45, 2.75) is 41.5 Å². The van der Waals surface area contributed by atoms with Gasteiger partial charge in [-0.1, -0.05) is 84.9 Å². The molecule has 0 atom stereocenters. The molecule has 48 heavy (non-hydrogen) atoms. The van der Waals surface area contributed by atoms with Gasteiger partial charge in [0.2, 0.25) is 0 Å². The minimum absolute atomic E-state index is 1.18. The molecule has 0 aliphatic rings. The van der Waals surface area contributed by atoms with Crippen molar-refractivity contribution in [1.29, 1.82) is 0 Å². The molecule has 0 unspecified atom stereocenters. The first-order chi connectivity index (χ1) is 23.3. The molecule has 0 N–H and O–H groups in total. The summed E-state index contributed by atoms with van der Waals surface area (Å²) in [5.74, 6) is 0. The molecular formula is C46H40N2. The molecule has 0 amide bonds. The molecule has 8 rings (SSSR count). The zero-order valence-corrected chi connectivity index (χ0v) is 28.6. The number of anilines is 6. The van der Waals surface area contributed by atoms with Crippen LogP contribution in [0.4, 0.5) is 34.1 Å². The number of hydrogen-bond acceptors (Lipinski definition) is 2. The Bertz CT molecular complexity index is 2270. The molecular weight excluding hydrogens is 581 g/mol. The Hall–Kier alpha value is -5.60. The fourth-order valence-corrected chi connectivity index (χ4v) is 7.76. The summed E-state index contributed by atoms with van der Waals surface area (Å²) in [7, 11) is 0. The predicted octanol–water partition coefficient (Wildman–Crippen LogP) is 13.4. The van der Waals surface area contributed by atoms with Gasteiger partial charge in [-0.15, -0.1) is 0 Å². The molecule has 0 saturated heterocycles. The SMILES string of the molecule is Cc1cc(C)cc(N(c2ccccc2C)c2ccc3ccc4c(N(c5cc(C)cc(C)c5)c5ccccc5C)ccc5ccc2c3c54)c1. The Morgan fingerprint density at radius 1 is 0.333 bits per heavy atom. The van der Waals surface area contributed by atoms with Crippen molar-refractivity contribution in [2.75, 3.05) is 9.80 Å². The Kier molecular flexibility index (Phi) is 7.18. The highest BCUT2D eigenvalue weighted by Gasteiger charge is 2.23. The van der Waals surface area contributed by atoms with Crippen molar-refractivity contribution in [3.8, 4) is 0 Å². The zero-order valence-electron chi connectivity index (χ0n) is 28.6. The molecule has 2 nitrogen and oxygen atoms in total. The molecule has 234 valence electrons. The van der Waals surface area contributed by atoms with Crippen LogP contribution in [-0.2, 0) is 0 Å². The van der Waals surface area contributed by atoms with Crippen LogP contribution < -0.4 is 9.80 Å². The predicted molar refractivity (Wildman–Crippen MR) is 208 cm³/mol. The minimum Gasteiger partial charge on any atom is -0.310 e. The minimum atomic E-state index is 1.18. The largest absolute Gasteiger partial charge is 0.310 e. The lowest BCUT2D eigenvalue weighted by Gasteiger charge is -2.31. The van der Waals surface area contributed by atoms with Gasteiger partial charge in [0.05, 0.1) is 11.4 Å². The molecule has 0 aliphatic carbocycles. The van der Waals surface area contributed by atoms with E-state index in [1.54, 1.807) is 0 Å². The highest BCUT2D eigenvalue weighted by molar-refractivity contribution is 6.28. The van der Waals surface area contributed by atoms with Crippen LogP contribution in [0.1, 0.15) is 33.4 Å². The van der Waals surface area contributed by atoms with Crippen LogP contribution in [0.3, 0.4) is 0 Å². The fraction of sp³-hybridized carbons (Fsp3) is 0.130. The average molecular weight is 621 g/mol. The molecule has 8 aromatic carbocycles. The zero-order chi connectivity index (χ0) is 33.1. The summed E-state index contributed by atoms with van der Waals surface area (Å²) >= 11 is 0. The second-order valence-electron chi connectivity index (χ2n) is 13.5. The quantitative estimate of drug-likeness (QED) is 0.171. The smallest absolute Gasteiger partial charge is 0.0540 e. The van der Waals surface area contributed by atoms with Gasteiger partial charge >= 0.3 is 0 Å². The lowest BCUT2D eigenvalue weighted by Crippen LogP contribution is -2.13. The third-order valence-corrected chi connectivity index (χ3v) is 9.74. The molecule has 0 radical (unpaired) electrons. The molecule has 0 aromatic heterocycles. The standard InChI is InChI=1S/C46H40N2/c1-29-23-30(2)26-37(25-29)47(41-13-9-7-11-33(41)5)43-21-17-35-16-20-40-44(22-18-36-15-19-39(43)45(35)46(36)40)48(42-14-10-8-12-34(42)6)38-27-31(3)24-32(4)28-38/h7-28H,1-6H3. The summed E-state index contributed by atoms with van der Waals surface area (Å²) in [6, 6.07) is 49.7. The molecule has 8 aromatic rings. The van der Waals surface area contributed by atoms with Crippen LogP contribution in [0, 0.1) is 41.5 Å². The van der Waals surface area contributed by atoms with Crippen LogP contribution in [0.15, 0.2) is 133 Å². The maximum atomic E-state index is 2.46. The lowest BCUT2D eigenvalue weighted by atomic mass is 9.91. The van der Waals surface area contributed by atoms with E-state index in [0.29, 0.717) is 0 Å². The summed E-state index contributed by atoms with van der Waals surface area (Å²) in [5.41, 5.74) is 14.6. The molecule has 2 heteroatoms. The lowest BCUT2D eigenvalue weighted by molar-refractivity contribution is 1.24. The Balaban J connectivity index is 1.44. The number of benzene rings is 8. The van der Waals surface area contributed by atoms with E-state index in [4.69, 9.17) is 0 Å². The molecule has 0 aliphatic heterocycles. The van der Waals surface area contributed by atoms with Gasteiger partial charge in [0.1, 0.15) is 0 Å². The summed E-state index contributed by atoms with van der Waals surface area (Å²) < 4.78 is 0. The van der Waals surface area contributed by atoms with E-state index >= 15 is 0 Å². The maximum absolute atomic E-state index is 2.46. The second kappa shape index (κ2) is 11.6. The fourth-order valence-electron chi connectivity index (χ4n) is 7.76. The number of para-hydroxylation sites is 2. The maximum Gasteiger partial charge on any atom is 0.0540 e. The molecule has 0 spiro atoms. The van der Waals surface area contributed by atoms with E-state index in [9.17, 15) is 0 Å². The Morgan fingerprint density at radius 3 is 1.06 bits per heavy atom. The molecule has 0 bridgehead atoms. The summed E-state index contributed by atoms with van der Waals surface area (Å²) in [6.07, 6.45) is 0. The van der Waals surface area contributed by atoms with Gasteiger partial charge in [0.25, 0.3) is 0 Å². The van der Waals surface area contributed by atoms with Gasteiger partial charge in [-0.2, -0.15) is 0 Å². The van der Waals surface area contributed by atoms with Crippen LogP contribution in [0.5, 0.6) is 0 Å². The topological polar surface area (TPSA) is 6.48 Å². The van der Waals surface area contributed by atoms with Crippen molar-refractivity contribution in [3.05, 3.63) is 167 Å². The second-order valence-corrected chi connectivity index (χ2v) is 13.5. The van der Waals surface area contributed by atoms with Crippen LogP contribution in [0.2, 0.25) is 0 Å². The first-order valence-electron chi connectivity index (χ1n) is 16.9. The molecule has 0 saturated carbocycles. The van der Waals surface area contributed by atoms with Gasteiger partial charge in [-0.3, -0.25) is 0 Å². The van der Waals surface area contributed by atoms with Gasteiger partial charge in [0.15, 0.2) is 0 Å². The molecule has 0 fully saturated rings.